The van der Waals surface area contributed by atoms with Crippen LogP contribution in [0.1, 0.15) is 5.56 Å². The maximum atomic E-state index is 10.2. The fraction of sp³-hybridized carbons (Fsp3) is 0.250. The van der Waals surface area contributed by atoms with Crippen LogP contribution in [0.4, 0.5) is 0 Å². The van der Waals surface area contributed by atoms with Gasteiger partial charge in [-0.05, 0) is 42.0 Å². The first kappa shape index (κ1) is 20.2. The highest BCUT2D eigenvalue weighted by atomic mass is 35.5. The number of aromatic nitrogens is 3. The summed E-state index contributed by atoms with van der Waals surface area (Å²) in [5, 5.41) is 28.7. The number of halogens is 1. The number of hydrogen-bond donors (Lipinski definition) is 1. The van der Waals surface area contributed by atoms with Gasteiger partial charge in [0.1, 0.15) is 12.4 Å². The van der Waals surface area contributed by atoms with Gasteiger partial charge in [-0.3, -0.25) is 0 Å². The molecule has 28 heavy (non-hydrogen) atoms. The van der Waals surface area contributed by atoms with E-state index in [4.69, 9.17) is 21.6 Å². The van der Waals surface area contributed by atoms with E-state index >= 15 is 0 Å². The summed E-state index contributed by atoms with van der Waals surface area (Å²) in [6, 6.07) is 16.8. The standard InChI is InChI=1S/C20H19ClN4O2S/c1-25-19(15-4-6-16(21)7-5-15)23-24-20(25)28-13-17(26)12-27-18-8-2-14(3-9-18)10-11-22/h2-9,17,26H,10,12-13H2,1H3/t17-/m0/s1. The van der Waals surface area contributed by atoms with Crippen molar-refractivity contribution in [2.45, 2.75) is 17.7 Å². The third-order valence-corrected chi connectivity index (χ3v) is 5.41. The van der Waals surface area contributed by atoms with Gasteiger partial charge in [-0.15, -0.1) is 10.2 Å². The van der Waals surface area contributed by atoms with Crippen molar-refractivity contribution in [2.75, 3.05) is 12.4 Å². The zero-order valence-corrected chi connectivity index (χ0v) is 16.8. The third-order valence-electron chi connectivity index (χ3n) is 3.99. The predicted octanol–water partition coefficient (Wildman–Crippen LogP) is 3.73. The van der Waals surface area contributed by atoms with Crippen LogP contribution in [-0.4, -0.2) is 38.3 Å². The average Bonchev–Trinajstić information content (AvgIpc) is 3.07. The molecule has 0 amide bonds. The Morgan fingerprint density at radius 3 is 2.57 bits per heavy atom. The van der Waals surface area contributed by atoms with E-state index in [0.717, 1.165) is 17.0 Å². The molecule has 2 aromatic carbocycles. The van der Waals surface area contributed by atoms with Crippen molar-refractivity contribution in [1.82, 2.24) is 14.8 Å². The molecule has 0 fully saturated rings. The number of nitriles is 1. The van der Waals surface area contributed by atoms with E-state index < -0.39 is 6.10 Å². The normalized spacial score (nSPS) is 11.8. The van der Waals surface area contributed by atoms with Gasteiger partial charge in [-0.2, -0.15) is 5.26 Å². The molecule has 0 radical (unpaired) electrons. The first-order valence-corrected chi connectivity index (χ1v) is 9.98. The molecule has 1 N–H and O–H groups in total. The lowest BCUT2D eigenvalue weighted by molar-refractivity contribution is 0.126. The van der Waals surface area contributed by atoms with Crippen molar-refractivity contribution < 1.29 is 9.84 Å². The molecule has 6 nitrogen and oxygen atoms in total. The smallest absolute Gasteiger partial charge is 0.191 e. The molecule has 0 bridgehead atoms. The Balaban J connectivity index is 1.51. The largest absolute Gasteiger partial charge is 0.491 e. The summed E-state index contributed by atoms with van der Waals surface area (Å²) < 4.78 is 7.49. The SMILES string of the molecule is Cn1c(SC[C@@H](O)COc2ccc(CC#N)cc2)nnc1-c1ccc(Cl)cc1. The van der Waals surface area contributed by atoms with Crippen LogP contribution >= 0.6 is 23.4 Å². The summed E-state index contributed by atoms with van der Waals surface area (Å²) >= 11 is 7.34. The van der Waals surface area contributed by atoms with E-state index in [0.29, 0.717) is 28.1 Å². The van der Waals surface area contributed by atoms with Gasteiger partial charge in [-0.25, -0.2) is 0 Å². The number of thioether (sulfide) groups is 1. The summed E-state index contributed by atoms with van der Waals surface area (Å²) in [4.78, 5) is 0. The van der Waals surface area contributed by atoms with Crippen LogP contribution in [0.15, 0.2) is 53.7 Å². The zero-order chi connectivity index (χ0) is 19.9. The molecule has 1 atom stereocenters. The highest BCUT2D eigenvalue weighted by Crippen LogP contribution is 2.24. The molecular formula is C20H19ClN4O2S. The van der Waals surface area contributed by atoms with Gasteiger partial charge < -0.3 is 14.4 Å². The van der Waals surface area contributed by atoms with E-state index in [-0.39, 0.29) is 6.61 Å². The molecule has 3 aromatic rings. The molecule has 0 saturated carbocycles. The van der Waals surface area contributed by atoms with Gasteiger partial charge in [0.25, 0.3) is 0 Å². The maximum absolute atomic E-state index is 10.2. The minimum Gasteiger partial charge on any atom is -0.491 e. The molecule has 0 aliphatic carbocycles. The number of benzene rings is 2. The average molecular weight is 415 g/mol. The number of nitrogens with zero attached hydrogens (tertiary/aromatic N) is 4. The second kappa shape index (κ2) is 9.60. The predicted molar refractivity (Wildman–Crippen MR) is 109 cm³/mol. The lowest BCUT2D eigenvalue weighted by Gasteiger charge is -2.12. The Hall–Kier alpha value is -2.53. The van der Waals surface area contributed by atoms with Gasteiger partial charge in [0, 0.05) is 23.4 Å². The van der Waals surface area contributed by atoms with Crippen LogP contribution < -0.4 is 4.74 Å². The quantitative estimate of drug-likeness (QED) is 0.565. The minimum absolute atomic E-state index is 0.173. The fourth-order valence-corrected chi connectivity index (χ4v) is 3.44. The molecule has 0 saturated heterocycles. The second-order valence-corrected chi connectivity index (χ2v) is 7.55. The summed E-state index contributed by atoms with van der Waals surface area (Å²) in [6.07, 6.45) is -0.283. The Morgan fingerprint density at radius 1 is 1.18 bits per heavy atom. The Kier molecular flexibility index (Phi) is 6.93. The van der Waals surface area contributed by atoms with Crippen molar-refractivity contribution in [3.8, 4) is 23.2 Å². The second-order valence-electron chi connectivity index (χ2n) is 6.13. The Labute approximate surface area is 172 Å². The first-order chi connectivity index (χ1) is 13.6. The Bertz CT molecular complexity index is 952. The van der Waals surface area contributed by atoms with Crippen LogP contribution in [0.25, 0.3) is 11.4 Å². The molecule has 1 aromatic heterocycles. The van der Waals surface area contributed by atoms with Gasteiger partial charge in [0.15, 0.2) is 11.0 Å². The van der Waals surface area contributed by atoms with Gasteiger partial charge in [0.05, 0.1) is 18.6 Å². The van der Waals surface area contributed by atoms with Crippen LogP contribution in [0.3, 0.4) is 0 Å². The van der Waals surface area contributed by atoms with Crippen LogP contribution in [0.2, 0.25) is 5.02 Å². The van der Waals surface area contributed by atoms with E-state index in [2.05, 4.69) is 16.3 Å². The monoisotopic (exact) mass is 414 g/mol. The summed E-state index contributed by atoms with van der Waals surface area (Å²) in [6.45, 7) is 0.173. The Morgan fingerprint density at radius 2 is 1.89 bits per heavy atom. The van der Waals surface area contributed by atoms with E-state index in [1.54, 1.807) is 12.1 Å². The van der Waals surface area contributed by atoms with E-state index in [9.17, 15) is 5.11 Å². The highest BCUT2D eigenvalue weighted by molar-refractivity contribution is 7.99. The molecule has 144 valence electrons. The van der Waals surface area contributed by atoms with Crippen molar-refractivity contribution >= 4 is 23.4 Å². The first-order valence-electron chi connectivity index (χ1n) is 8.61. The molecule has 0 aliphatic heterocycles. The van der Waals surface area contributed by atoms with Crippen LogP contribution in [0, 0.1) is 11.3 Å². The number of aliphatic hydroxyl groups is 1. The van der Waals surface area contributed by atoms with Crippen molar-refractivity contribution in [3.05, 3.63) is 59.1 Å². The number of rotatable bonds is 8. The van der Waals surface area contributed by atoms with Crippen molar-refractivity contribution in [3.63, 3.8) is 0 Å². The lowest BCUT2D eigenvalue weighted by atomic mass is 10.2. The van der Waals surface area contributed by atoms with Gasteiger partial charge in [0.2, 0.25) is 0 Å². The fourth-order valence-electron chi connectivity index (χ4n) is 2.50. The molecule has 0 spiro atoms. The molecule has 0 unspecified atom stereocenters. The molecule has 3 rings (SSSR count). The lowest BCUT2D eigenvalue weighted by Crippen LogP contribution is -2.20. The highest BCUT2D eigenvalue weighted by Gasteiger charge is 2.14. The molecular weight excluding hydrogens is 396 g/mol. The summed E-state index contributed by atoms with van der Waals surface area (Å²) in [7, 11) is 1.89. The molecule has 0 aliphatic rings. The topological polar surface area (TPSA) is 84.0 Å². The van der Waals surface area contributed by atoms with Gasteiger partial charge >= 0.3 is 0 Å². The van der Waals surface area contributed by atoms with Crippen LogP contribution in [-0.2, 0) is 13.5 Å². The number of aliphatic hydroxyl groups excluding tert-OH is 1. The minimum atomic E-state index is -0.653. The van der Waals surface area contributed by atoms with Crippen LogP contribution in [0.5, 0.6) is 5.75 Å². The zero-order valence-electron chi connectivity index (χ0n) is 15.2. The third kappa shape index (κ3) is 5.26. The number of ether oxygens (including phenoxy) is 1. The van der Waals surface area contributed by atoms with Crippen molar-refractivity contribution in [2.24, 2.45) is 7.05 Å². The van der Waals surface area contributed by atoms with E-state index in [1.165, 1.54) is 11.8 Å². The molecule has 1 heterocycles. The molecule has 8 heteroatoms. The number of hydrogen-bond acceptors (Lipinski definition) is 6. The maximum Gasteiger partial charge on any atom is 0.191 e. The van der Waals surface area contributed by atoms with Crippen molar-refractivity contribution in [1.29, 1.82) is 5.26 Å². The van der Waals surface area contributed by atoms with E-state index in [1.807, 2.05) is 48.0 Å². The summed E-state index contributed by atoms with van der Waals surface area (Å²) in [5.74, 6) is 1.83. The summed E-state index contributed by atoms with van der Waals surface area (Å²) in [5.41, 5.74) is 1.86. The van der Waals surface area contributed by atoms with Gasteiger partial charge in [-0.1, -0.05) is 35.5 Å².